The minimum Gasteiger partial charge on any atom is -0.404 e. The quantitative estimate of drug-likeness (QED) is 0.528. The Morgan fingerprint density at radius 3 is 2.81 bits per heavy atom. The van der Waals surface area contributed by atoms with Gasteiger partial charge in [-0.2, -0.15) is 4.98 Å². The Morgan fingerprint density at radius 1 is 1.38 bits per heavy atom. The number of benzene rings is 1. The summed E-state index contributed by atoms with van der Waals surface area (Å²) in [6, 6.07) is 6.35. The number of phosphoric ester groups is 1. The molecule has 2 aromatic rings. The third kappa shape index (κ3) is 3.78. The van der Waals surface area contributed by atoms with E-state index in [-0.39, 0.29) is 12.4 Å². The van der Waals surface area contributed by atoms with E-state index in [9.17, 15) is 32.7 Å². The molecule has 0 aliphatic carbocycles. The van der Waals surface area contributed by atoms with Gasteiger partial charge in [0.25, 0.3) is 6.43 Å². The second-order valence-corrected chi connectivity index (χ2v) is 8.65. The van der Waals surface area contributed by atoms with E-state index in [1.54, 1.807) is 18.2 Å². The molecule has 1 aromatic carbocycles. The van der Waals surface area contributed by atoms with Crippen molar-refractivity contribution in [2.24, 2.45) is 0 Å². The number of hydrogen-bond acceptors (Lipinski definition) is 10. The highest BCUT2D eigenvalue weighted by atomic mass is 31.2. The summed E-state index contributed by atoms with van der Waals surface area (Å²) in [5.41, 5.74) is 1.52. The average molecular weight is 479 g/mol. The summed E-state index contributed by atoms with van der Waals surface area (Å²) in [5.74, 6) is -1.80. The average Bonchev–Trinajstić information content (AvgIpc) is 3.01. The molecule has 1 aromatic heterocycles. The predicted octanol–water partition coefficient (Wildman–Crippen LogP) is 0.953. The van der Waals surface area contributed by atoms with Crippen molar-refractivity contribution < 1.29 is 46.3 Å². The SMILES string of the molecule is Nc1nc(=O)n(C2OC(COP3(=O)OCc4ccccc4O3)(C(F)F)C(O)C2O)cc1F. The highest BCUT2D eigenvalue weighted by Gasteiger charge is 2.62. The normalized spacial score (nSPS) is 32.0. The molecule has 11 nitrogen and oxygen atoms in total. The molecular formula is C17H17F3N3O8P. The van der Waals surface area contributed by atoms with Crippen LogP contribution in [-0.4, -0.2) is 50.6 Å². The summed E-state index contributed by atoms with van der Waals surface area (Å²) in [6.07, 6.45) is -9.48. The molecule has 4 rings (SSSR count). The minimum absolute atomic E-state index is 0.147. The van der Waals surface area contributed by atoms with E-state index in [0.29, 0.717) is 16.3 Å². The number of nitrogen functional groups attached to an aromatic ring is 1. The van der Waals surface area contributed by atoms with Crippen LogP contribution in [0.1, 0.15) is 11.8 Å². The number of aromatic nitrogens is 2. The maximum atomic E-state index is 14.0. The van der Waals surface area contributed by atoms with Crippen molar-refractivity contribution in [1.82, 2.24) is 9.55 Å². The number of aliphatic hydroxyl groups excluding tert-OH is 2. The van der Waals surface area contributed by atoms with Crippen LogP contribution < -0.4 is 15.9 Å². The van der Waals surface area contributed by atoms with Crippen molar-refractivity contribution in [3.8, 4) is 5.75 Å². The lowest BCUT2D eigenvalue weighted by Gasteiger charge is -2.32. The Balaban J connectivity index is 1.59. The third-order valence-corrected chi connectivity index (χ3v) is 6.35. The molecule has 1 saturated heterocycles. The molecule has 1 fully saturated rings. The van der Waals surface area contributed by atoms with E-state index in [1.165, 1.54) is 6.07 Å². The molecule has 2 aliphatic heterocycles. The number of aliphatic hydroxyl groups is 2. The maximum absolute atomic E-state index is 14.0. The van der Waals surface area contributed by atoms with Gasteiger partial charge in [0.2, 0.25) is 0 Å². The molecule has 0 amide bonds. The van der Waals surface area contributed by atoms with Gasteiger partial charge >= 0.3 is 13.5 Å². The zero-order valence-electron chi connectivity index (χ0n) is 16.0. The fourth-order valence-electron chi connectivity index (χ4n) is 3.28. The number of para-hydroxylation sites is 1. The van der Waals surface area contributed by atoms with Crippen molar-refractivity contribution in [1.29, 1.82) is 0 Å². The fourth-order valence-corrected chi connectivity index (χ4v) is 4.54. The molecule has 0 saturated carbocycles. The van der Waals surface area contributed by atoms with Gasteiger partial charge in [-0.25, -0.2) is 22.5 Å². The number of nitrogens with two attached hydrogens (primary N) is 1. The van der Waals surface area contributed by atoms with Gasteiger partial charge in [-0.05, 0) is 6.07 Å². The zero-order valence-corrected chi connectivity index (χ0v) is 16.9. The van der Waals surface area contributed by atoms with E-state index in [0.717, 1.165) is 0 Å². The lowest BCUT2D eigenvalue weighted by atomic mass is 9.96. The van der Waals surface area contributed by atoms with Gasteiger partial charge < -0.3 is 25.2 Å². The highest BCUT2D eigenvalue weighted by Crippen LogP contribution is 2.56. The predicted molar refractivity (Wildman–Crippen MR) is 99.2 cm³/mol. The Morgan fingerprint density at radius 2 is 2.09 bits per heavy atom. The Hall–Kier alpha value is -2.48. The molecule has 5 unspecified atom stereocenters. The van der Waals surface area contributed by atoms with Crippen LogP contribution in [0.5, 0.6) is 5.75 Å². The van der Waals surface area contributed by atoms with E-state index in [1.807, 2.05) is 0 Å². The van der Waals surface area contributed by atoms with Crippen LogP contribution in [-0.2, 0) is 25.0 Å². The number of hydrogen-bond donors (Lipinski definition) is 3. The number of fused-ring (bicyclic) bond motifs is 1. The number of phosphoric acid groups is 1. The number of anilines is 1. The van der Waals surface area contributed by atoms with Crippen LogP contribution in [0.3, 0.4) is 0 Å². The Kier molecular flexibility index (Phi) is 5.77. The van der Waals surface area contributed by atoms with E-state index in [2.05, 4.69) is 4.98 Å². The summed E-state index contributed by atoms with van der Waals surface area (Å²) in [6.45, 7) is -1.46. The number of rotatable bonds is 5. The molecule has 4 N–H and O–H groups in total. The molecule has 0 radical (unpaired) electrons. The summed E-state index contributed by atoms with van der Waals surface area (Å²) in [4.78, 5) is 15.2. The van der Waals surface area contributed by atoms with Crippen LogP contribution in [0.4, 0.5) is 19.0 Å². The minimum atomic E-state index is -4.41. The first-order valence-electron chi connectivity index (χ1n) is 9.09. The second-order valence-electron chi connectivity index (χ2n) is 7.06. The van der Waals surface area contributed by atoms with Crippen LogP contribution in [0.2, 0.25) is 0 Å². The van der Waals surface area contributed by atoms with Crippen LogP contribution in [0.25, 0.3) is 0 Å². The molecular weight excluding hydrogens is 462 g/mol. The molecule has 5 atom stereocenters. The summed E-state index contributed by atoms with van der Waals surface area (Å²) < 4.78 is 75.2. The molecule has 0 bridgehead atoms. The zero-order chi connectivity index (χ0) is 23.3. The Bertz CT molecular complexity index is 1130. The topological polar surface area (TPSA) is 155 Å². The first-order chi connectivity index (χ1) is 15.1. The summed E-state index contributed by atoms with van der Waals surface area (Å²) in [7, 11) is -4.41. The molecule has 2 aliphatic rings. The fraction of sp³-hybridized carbons (Fsp3) is 0.412. The number of alkyl halides is 2. The van der Waals surface area contributed by atoms with Crippen molar-refractivity contribution in [3.05, 3.63) is 52.3 Å². The molecule has 3 heterocycles. The first kappa shape index (κ1) is 22.7. The van der Waals surface area contributed by atoms with Gasteiger partial charge in [0.1, 0.15) is 18.0 Å². The van der Waals surface area contributed by atoms with Crippen molar-refractivity contribution >= 4 is 13.6 Å². The van der Waals surface area contributed by atoms with Crippen molar-refractivity contribution in [2.45, 2.75) is 37.1 Å². The van der Waals surface area contributed by atoms with E-state index < -0.39 is 62.2 Å². The standard InChI is InChI=1S/C17H17F3N3O8P/c18-9-5-23(16(26)22-13(9)21)14-11(24)12(25)17(30-14,15(19)20)7-29-32(27)28-6-8-3-1-2-4-10(8)31-32/h1-5,11-12,14-15,24-25H,6-7H2,(H2,21,22,26). The van der Waals surface area contributed by atoms with Crippen molar-refractivity contribution in [2.75, 3.05) is 12.3 Å². The summed E-state index contributed by atoms with van der Waals surface area (Å²) >= 11 is 0. The second kappa shape index (κ2) is 8.14. The molecule has 32 heavy (non-hydrogen) atoms. The Labute approximate surface area is 177 Å². The van der Waals surface area contributed by atoms with Gasteiger partial charge in [-0.3, -0.25) is 13.6 Å². The van der Waals surface area contributed by atoms with Gasteiger partial charge in [-0.1, -0.05) is 18.2 Å². The number of nitrogens with zero attached hydrogens (tertiary/aromatic N) is 2. The monoisotopic (exact) mass is 479 g/mol. The molecule has 174 valence electrons. The maximum Gasteiger partial charge on any atom is 0.530 e. The van der Waals surface area contributed by atoms with Crippen LogP contribution >= 0.6 is 7.82 Å². The molecule has 15 heteroatoms. The van der Waals surface area contributed by atoms with Gasteiger partial charge in [0.05, 0.1) is 19.4 Å². The third-order valence-electron chi connectivity index (χ3n) is 5.04. The lowest BCUT2D eigenvalue weighted by Crippen LogP contribution is -2.52. The van der Waals surface area contributed by atoms with Crippen LogP contribution in [0, 0.1) is 5.82 Å². The van der Waals surface area contributed by atoms with Gasteiger partial charge in [0, 0.05) is 5.56 Å². The van der Waals surface area contributed by atoms with Gasteiger partial charge in [-0.15, -0.1) is 0 Å². The van der Waals surface area contributed by atoms with Gasteiger partial charge in [0.15, 0.2) is 23.5 Å². The highest BCUT2D eigenvalue weighted by molar-refractivity contribution is 7.49. The first-order valence-corrected chi connectivity index (χ1v) is 10.6. The lowest BCUT2D eigenvalue weighted by molar-refractivity contribution is -0.194. The molecule has 0 spiro atoms. The summed E-state index contributed by atoms with van der Waals surface area (Å²) in [5, 5.41) is 20.6. The number of halogens is 3. The van der Waals surface area contributed by atoms with Crippen LogP contribution in [0.15, 0.2) is 35.3 Å². The smallest absolute Gasteiger partial charge is 0.404 e. The van der Waals surface area contributed by atoms with E-state index >= 15 is 0 Å². The number of ether oxygens (including phenoxy) is 1. The largest absolute Gasteiger partial charge is 0.530 e. The van der Waals surface area contributed by atoms with E-state index in [4.69, 9.17) is 24.0 Å². The van der Waals surface area contributed by atoms with Crippen molar-refractivity contribution in [3.63, 3.8) is 0 Å².